The van der Waals surface area contributed by atoms with Crippen LogP contribution in [0.15, 0.2) is 22.8 Å². The van der Waals surface area contributed by atoms with Crippen molar-refractivity contribution in [1.82, 2.24) is 5.32 Å². The highest BCUT2D eigenvalue weighted by molar-refractivity contribution is 5.76. The van der Waals surface area contributed by atoms with Crippen molar-refractivity contribution in [2.45, 2.75) is 45.2 Å². The molecule has 1 atom stereocenters. The van der Waals surface area contributed by atoms with Crippen LogP contribution < -0.4 is 11.1 Å². The van der Waals surface area contributed by atoms with E-state index in [0.717, 1.165) is 5.76 Å². The van der Waals surface area contributed by atoms with Crippen LogP contribution in [0, 0.1) is 0 Å². The zero-order chi connectivity index (χ0) is 12.2. The molecule has 0 bridgehead atoms. The van der Waals surface area contributed by atoms with Crippen molar-refractivity contribution in [3.63, 3.8) is 0 Å². The van der Waals surface area contributed by atoms with Gasteiger partial charge in [-0.2, -0.15) is 0 Å². The van der Waals surface area contributed by atoms with E-state index in [1.165, 1.54) is 0 Å². The minimum atomic E-state index is -0.300. The third kappa shape index (κ3) is 4.49. The smallest absolute Gasteiger partial charge is 0.220 e. The minimum Gasteiger partial charge on any atom is -0.467 e. The first-order valence-corrected chi connectivity index (χ1v) is 5.50. The summed E-state index contributed by atoms with van der Waals surface area (Å²) in [5, 5.41) is 2.87. The molecule has 1 aromatic rings. The number of furan rings is 1. The van der Waals surface area contributed by atoms with Gasteiger partial charge in [-0.3, -0.25) is 4.79 Å². The Morgan fingerprint density at radius 1 is 1.62 bits per heavy atom. The summed E-state index contributed by atoms with van der Waals surface area (Å²) in [7, 11) is 0. The van der Waals surface area contributed by atoms with Crippen molar-refractivity contribution in [3.8, 4) is 0 Å². The second kappa shape index (κ2) is 5.16. The number of amides is 1. The largest absolute Gasteiger partial charge is 0.467 e. The van der Waals surface area contributed by atoms with E-state index in [2.05, 4.69) is 5.32 Å². The highest BCUT2D eigenvalue weighted by Crippen LogP contribution is 2.13. The van der Waals surface area contributed by atoms with E-state index in [1.807, 2.05) is 26.8 Å². The molecule has 0 unspecified atom stereocenters. The van der Waals surface area contributed by atoms with Gasteiger partial charge in [-0.15, -0.1) is 0 Å². The van der Waals surface area contributed by atoms with E-state index in [4.69, 9.17) is 10.2 Å². The van der Waals surface area contributed by atoms with Crippen LogP contribution in [0.2, 0.25) is 0 Å². The Labute approximate surface area is 96.2 Å². The van der Waals surface area contributed by atoms with Gasteiger partial charge in [-0.05, 0) is 39.3 Å². The molecule has 3 N–H and O–H groups in total. The molecule has 0 aliphatic rings. The third-order valence-electron chi connectivity index (χ3n) is 2.34. The fourth-order valence-corrected chi connectivity index (χ4v) is 1.36. The molecular formula is C12H20N2O2. The maximum absolute atomic E-state index is 11.6. The highest BCUT2D eigenvalue weighted by Gasteiger charge is 2.15. The number of nitrogens with one attached hydrogen (secondary N) is 1. The summed E-state index contributed by atoms with van der Waals surface area (Å²) in [5.41, 5.74) is 5.51. The predicted octanol–water partition coefficient (Wildman–Crippen LogP) is 1.97. The molecule has 0 radical (unpaired) electrons. The van der Waals surface area contributed by atoms with Crippen LogP contribution in [0.1, 0.15) is 45.4 Å². The maximum atomic E-state index is 11.6. The van der Waals surface area contributed by atoms with Crippen LogP contribution >= 0.6 is 0 Å². The lowest BCUT2D eigenvalue weighted by molar-refractivity contribution is -0.122. The second-order valence-corrected chi connectivity index (χ2v) is 4.79. The summed E-state index contributed by atoms with van der Waals surface area (Å²) in [5.74, 6) is 0.766. The van der Waals surface area contributed by atoms with Crippen LogP contribution in [0.3, 0.4) is 0 Å². The van der Waals surface area contributed by atoms with Crippen molar-refractivity contribution in [1.29, 1.82) is 0 Å². The van der Waals surface area contributed by atoms with Gasteiger partial charge in [0.25, 0.3) is 0 Å². The molecule has 0 saturated heterocycles. The van der Waals surface area contributed by atoms with E-state index >= 15 is 0 Å². The minimum absolute atomic E-state index is 0.00225. The normalized spacial score (nSPS) is 13.5. The lowest BCUT2D eigenvalue weighted by Gasteiger charge is -2.18. The van der Waals surface area contributed by atoms with E-state index in [1.54, 1.807) is 12.3 Å². The molecule has 0 saturated carbocycles. The Morgan fingerprint density at radius 3 is 2.81 bits per heavy atom. The van der Waals surface area contributed by atoms with Crippen LogP contribution in [0.5, 0.6) is 0 Å². The van der Waals surface area contributed by atoms with Gasteiger partial charge in [0.15, 0.2) is 0 Å². The monoisotopic (exact) mass is 224 g/mol. The summed E-state index contributed by atoms with van der Waals surface area (Å²) in [6.07, 6.45) is 2.71. The van der Waals surface area contributed by atoms with Gasteiger partial charge < -0.3 is 15.5 Å². The molecule has 1 aromatic heterocycles. The number of carbonyl (C=O) groups excluding carboxylic acids is 1. The number of nitrogens with two attached hydrogens (primary N) is 1. The van der Waals surface area contributed by atoms with Gasteiger partial charge >= 0.3 is 0 Å². The molecule has 16 heavy (non-hydrogen) atoms. The quantitative estimate of drug-likeness (QED) is 0.803. The summed E-state index contributed by atoms with van der Waals surface area (Å²) in [6, 6.07) is 3.56. The van der Waals surface area contributed by atoms with E-state index in [9.17, 15) is 4.79 Å². The van der Waals surface area contributed by atoms with Crippen LogP contribution in [-0.4, -0.2) is 11.4 Å². The molecule has 4 heteroatoms. The lowest BCUT2D eigenvalue weighted by Crippen LogP contribution is -2.35. The number of rotatable bonds is 5. The van der Waals surface area contributed by atoms with Gasteiger partial charge in [0.05, 0.1) is 12.3 Å². The first-order valence-electron chi connectivity index (χ1n) is 5.50. The van der Waals surface area contributed by atoms with Gasteiger partial charge in [0.2, 0.25) is 5.91 Å². The summed E-state index contributed by atoms with van der Waals surface area (Å²) in [4.78, 5) is 11.6. The van der Waals surface area contributed by atoms with Crippen LogP contribution in [0.25, 0.3) is 0 Å². The average molecular weight is 224 g/mol. The fourth-order valence-electron chi connectivity index (χ4n) is 1.36. The molecule has 1 amide bonds. The zero-order valence-electron chi connectivity index (χ0n) is 10.1. The molecule has 0 aromatic carbocycles. The SMILES string of the molecule is C[C@@H](NC(=O)CCC(C)(C)N)c1ccco1. The lowest BCUT2D eigenvalue weighted by atomic mass is 10.00. The summed E-state index contributed by atoms with van der Waals surface area (Å²) < 4.78 is 5.20. The van der Waals surface area contributed by atoms with Crippen LogP contribution in [0.4, 0.5) is 0 Å². The second-order valence-electron chi connectivity index (χ2n) is 4.79. The molecule has 0 fully saturated rings. The fraction of sp³-hybridized carbons (Fsp3) is 0.583. The van der Waals surface area contributed by atoms with Gasteiger partial charge in [-0.25, -0.2) is 0 Å². The van der Waals surface area contributed by atoms with Gasteiger partial charge in [0, 0.05) is 12.0 Å². The van der Waals surface area contributed by atoms with E-state index < -0.39 is 0 Å². The van der Waals surface area contributed by atoms with Crippen molar-refractivity contribution in [2.75, 3.05) is 0 Å². The molecular weight excluding hydrogens is 204 g/mol. The van der Waals surface area contributed by atoms with Crippen molar-refractivity contribution in [3.05, 3.63) is 24.2 Å². The predicted molar refractivity (Wildman–Crippen MR) is 62.8 cm³/mol. The third-order valence-corrected chi connectivity index (χ3v) is 2.34. The molecule has 1 heterocycles. The van der Waals surface area contributed by atoms with Crippen molar-refractivity contribution in [2.24, 2.45) is 5.73 Å². The van der Waals surface area contributed by atoms with Gasteiger partial charge in [0.1, 0.15) is 5.76 Å². The Bertz CT molecular complexity index is 325. The number of carbonyl (C=O) groups is 1. The average Bonchev–Trinajstić information content (AvgIpc) is 2.66. The molecule has 90 valence electrons. The molecule has 0 aliphatic carbocycles. The summed E-state index contributed by atoms with van der Waals surface area (Å²) in [6.45, 7) is 5.72. The van der Waals surface area contributed by atoms with Crippen molar-refractivity contribution < 1.29 is 9.21 Å². The van der Waals surface area contributed by atoms with Crippen molar-refractivity contribution >= 4 is 5.91 Å². The molecule has 0 aliphatic heterocycles. The Kier molecular flexibility index (Phi) is 4.12. The summed E-state index contributed by atoms with van der Waals surface area (Å²) >= 11 is 0. The standard InChI is InChI=1S/C12H20N2O2/c1-9(10-5-4-8-16-10)14-11(15)6-7-12(2,3)13/h4-5,8-9H,6-7,13H2,1-3H3,(H,14,15)/t9-/m1/s1. The molecule has 0 spiro atoms. The first kappa shape index (κ1) is 12.8. The topological polar surface area (TPSA) is 68.3 Å². The van der Waals surface area contributed by atoms with E-state index in [-0.39, 0.29) is 17.5 Å². The first-order chi connectivity index (χ1) is 7.38. The number of hydrogen-bond acceptors (Lipinski definition) is 3. The number of hydrogen-bond donors (Lipinski definition) is 2. The maximum Gasteiger partial charge on any atom is 0.220 e. The highest BCUT2D eigenvalue weighted by atomic mass is 16.3. The molecule has 4 nitrogen and oxygen atoms in total. The Balaban J connectivity index is 2.35. The van der Waals surface area contributed by atoms with E-state index in [0.29, 0.717) is 12.8 Å². The van der Waals surface area contributed by atoms with Crippen LogP contribution in [-0.2, 0) is 4.79 Å². The zero-order valence-corrected chi connectivity index (χ0v) is 10.1. The van der Waals surface area contributed by atoms with Gasteiger partial charge in [-0.1, -0.05) is 0 Å². The molecule has 1 rings (SSSR count). The Hall–Kier alpha value is -1.29. The Morgan fingerprint density at radius 2 is 2.31 bits per heavy atom.